The van der Waals surface area contributed by atoms with Crippen LogP contribution in [0.25, 0.3) is 0 Å². The van der Waals surface area contributed by atoms with Gasteiger partial charge in [-0.3, -0.25) is 0 Å². The normalized spacial score (nSPS) is 13.2. The molecule has 102 valence electrons. The molecule has 0 radical (unpaired) electrons. The SMILES string of the molecule is CCCCC/C=C/C(O)(CC(C)C)CC(C)C. The molecule has 0 atom stereocenters. The van der Waals surface area contributed by atoms with Crippen molar-refractivity contribution in [3.05, 3.63) is 12.2 Å². The van der Waals surface area contributed by atoms with E-state index in [0.29, 0.717) is 11.8 Å². The summed E-state index contributed by atoms with van der Waals surface area (Å²) in [6, 6.07) is 0. The van der Waals surface area contributed by atoms with Crippen LogP contribution in [-0.4, -0.2) is 10.7 Å². The molecule has 1 nitrogen and oxygen atoms in total. The number of hydrogen-bond acceptors (Lipinski definition) is 1. The van der Waals surface area contributed by atoms with Crippen LogP contribution >= 0.6 is 0 Å². The quantitative estimate of drug-likeness (QED) is 0.447. The van der Waals surface area contributed by atoms with Crippen molar-refractivity contribution in [1.29, 1.82) is 0 Å². The summed E-state index contributed by atoms with van der Waals surface area (Å²) >= 11 is 0. The van der Waals surface area contributed by atoms with Gasteiger partial charge in [0.05, 0.1) is 5.60 Å². The Balaban J connectivity index is 4.26. The molecule has 1 heteroatoms. The summed E-state index contributed by atoms with van der Waals surface area (Å²) in [4.78, 5) is 0. The average Bonchev–Trinajstić information content (AvgIpc) is 2.14. The molecule has 0 spiro atoms. The highest BCUT2D eigenvalue weighted by Crippen LogP contribution is 2.26. The molecule has 0 saturated carbocycles. The number of hydrogen-bond donors (Lipinski definition) is 1. The van der Waals surface area contributed by atoms with Gasteiger partial charge in [-0.15, -0.1) is 0 Å². The summed E-state index contributed by atoms with van der Waals surface area (Å²) < 4.78 is 0. The number of allylic oxidation sites excluding steroid dienone is 1. The molecule has 0 unspecified atom stereocenters. The Morgan fingerprint density at radius 3 is 1.94 bits per heavy atom. The van der Waals surface area contributed by atoms with Gasteiger partial charge in [0.15, 0.2) is 0 Å². The molecule has 17 heavy (non-hydrogen) atoms. The van der Waals surface area contributed by atoms with Crippen LogP contribution in [0.1, 0.15) is 73.1 Å². The zero-order valence-corrected chi connectivity index (χ0v) is 12.5. The first-order chi connectivity index (χ1) is 7.89. The van der Waals surface area contributed by atoms with Crippen molar-refractivity contribution in [2.75, 3.05) is 0 Å². The monoisotopic (exact) mass is 240 g/mol. The molecule has 0 aromatic carbocycles. The second kappa shape index (κ2) is 8.74. The smallest absolute Gasteiger partial charge is 0.0832 e. The maximum atomic E-state index is 10.6. The Bertz CT molecular complexity index is 194. The Morgan fingerprint density at radius 2 is 1.53 bits per heavy atom. The second-order valence-electron chi connectivity index (χ2n) is 6.20. The fraction of sp³-hybridized carbons (Fsp3) is 0.875. The highest BCUT2D eigenvalue weighted by molar-refractivity contribution is 5.01. The van der Waals surface area contributed by atoms with Gasteiger partial charge in [0.1, 0.15) is 0 Å². The van der Waals surface area contributed by atoms with Crippen LogP contribution in [0.5, 0.6) is 0 Å². The lowest BCUT2D eigenvalue weighted by atomic mass is 9.84. The molecule has 0 bridgehead atoms. The Hall–Kier alpha value is -0.300. The minimum absolute atomic E-state index is 0.541. The molecule has 0 rings (SSSR count). The van der Waals surface area contributed by atoms with E-state index in [2.05, 4.69) is 46.8 Å². The molecule has 0 amide bonds. The topological polar surface area (TPSA) is 20.2 Å². The van der Waals surface area contributed by atoms with Gasteiger partial charge in [-0.1, -0.05) is 59.6 Å². The molecular formula is C16H32O. The minimum Gasteiger partial charge on any atom is -0.386 e. The van der Waals surface area contributed by atoms with Gasteiger partial charge in [0.25, 0.3) is 0 Å². The van der Waals surface area contributed by atoms with E-state index in [-0.39, 0.29) is 0 Å². The van der Waals surface area contributed by atoms with Gasteiger partial charge in [0.2, 0.25) is 0 Å². The average molecular weight is 240 g/mol. The summed E-state index contributed by atoms with van der Waals surface area (Å²) in [6.07, 6.45) is 10.9. The lowest BCUT2D eigenvalue weighted by Gasteiger charge is -2.28. The van der Waals surface area contributed by atoms with Crippen LogP contribution in [0.3, 0.4) is 0 Å². The van der Waals surface area contributed by atoms with Gasteiger partial charge in [0, 0.05) is 0 Å². The standard InChI is InChI=1S/C16H32O/c1-6-7-8-9-10-11-16(17,12-14(2)3)13-15(4)5/h10-11,14-15,17H,6-9,12-13H2,1-5H3/b11-10+. The van der Waals surface area contributed by atoms with E-state index in [1.54, 1.807) is 0 Å². The van der Waals surface area contributed by atoms with Crippen LogP contribution in [0.15, 0.2) is 12.2 Å². The van der Waals surface area contributed by atoms with E-state index in [1.165, 1.54) is 19.3 Å². The first kappa shape index (κ1) is 16.7. The van der Waals surface area contributed by atoms with Crippen molar-refractivity contribution < 1.29 is 5.11 Å². The Kier molecular flexibility index (Phi) is 8.59. The Morgan fingerprint density at radius 1 is 1.00 bits per heavy atom. The van der Waals surface area contributed by atoms with E-state index in [4.69, 9.17) is 0 Å². The molecule has 0 fully saturated rings. The minimum atomic E-state index is -0.589. The van der Waals surface area contributed by atoms with Crippen LogP contribution in [-0.2, 0) is 0 Å². The fourth-order valence-electron chi connectivity index (χ4n) is 2.45. The summed E-state index contributed by atoms with van der Waals surface area (Å²) in [5, 5.41) is 10.6. The highest BCUT2D eigenvalue weighted by atomic mass is 16.3. The molecule has 0 aliphatic heterocycles. The van der Waals surface area contributed by atoms with Crippen molar-refractivity contribution >= 4 is 0 Å². The van der Waals surface area contributed by atoms with E-state index < -0.39 is 5.60 Å². The maximum absolute atomic E-state index is 10.6. The van der Waals surface area contributed by atoms with Gasteiger partial charge < -0.3 is 5.11 Å². The van der Waals surface area contributed by atoms with Crippen LogP contribution in [0.2, 0.25) is 0 Å². The van der Waals surface area contributed by atoms with Crippen LogP contribution in [0, 0.1) is 11.8 Å². The van der Waals surface area contributed by atoms with Crippen LogP contribution in [0.4, 0.5) is 0 Å². The molecule has 0 aromatic rings. The van der Waals surface area contributed by atoms with Crippen LogP contribution < -0.4 is 0 Å². The second-order valence-corrected chi connectivity index (χ2v) is 6.20. The third kappa shape index (κ3) is 9.41. The summed E-state index contributed by atoms with van der Waals surface area (Å²) in [7, 11) is 0. The lowest BCUT2D eigenvalue weighted by molar-refractivity contribution is 0.0468. The van der Waals surface area contributed by atoms with E-state index in [9.17, 15) is 5.11 Å². The van der Waals surface area contributed by atoms with E-state index >= 15 is 0 Å². The molecular weight excluding hydrogens is 208 g/mol. The van der Waals surface area contributed by atoms with Gasteiger partial charge in [-0.25, -0.2) is 0 Å². The highest BCUT2D eigenvalue weighted by Gasteiger charge is 2.25. The van der Waals surface area contributed by atoms with Crippen molar-refractivity contribution in [3.63, 3.8) is 0 Å². The van der Waals surface area contributed by atoms with Gasteiger partial charge in [-0.2, -0.15) is 0 Å². The van der Waals surface area contributed by atoms with Crippen molar-refractivity contribution in [1.82, 2.24) is 0 Å². The maximum Gasteiger partial charge on any atom is 0.0832 e. The fourth-order valence-corrected chi connectivity index (χ4v) is 2.45. The summed E-state index contributed by atoms with van der Waals surface area (Å²) in [5.74, 6) is 1.08. The zero-order chi connectivity index (χ0) is 13.3. The number of aliphatic hydroxyl groups is 1. The molecule has 0 saturated heterocycles. The number of unbranched alkanes of at least 4 members (excludes halogenated alkanes) is 3. The Labute approximate surface area is 108 Å². The first-order valence-corrected chi connectivity index (χ1v) is 7.29. The van der Waals surface area contributed by atoms with E-state index in [0.717, 1.165) is 19.3 Å². The third-order valence-corrected chi connectivity index (χ3v) is 2.93. The predicted molar refractivity (Wildman–Crippen MR) is 77.1 cm³/mol. The zero-order valence-electron chi connectivity index (χ0n) is 12.5. The van der Waals surface area contributed by atoms with E-state index in [1.807, 2.05) is 0 Å². The van der Waals surface area contributed by atoms with Crippen molar-refractivity contribution in [3.8, 4) is 0 Å². The van der Waals surface area contributed by atoms with Gasteiger partial charge in [-0.05, 0) is 37.5 Å². The largest absolute Gasteiger partial charge is 0.386 e. The van der Waals surface area contributed by atoms with Gasteiger partial charge >= 0.3 is 0 Å². The first-order valence-electron chi connectivity index (χ1n) is 7.29. The summed E-state index contributed by atoms with van der Waals surface area (Å²) in [5.41, 5.74) is -0.589. The lowest BCUT2D eigenvalue weighted by Crippen LogP contribution is -2.29. The summed E-state index contributed by atoms with van der Waals surface area (Å²) in [6.45, 7) is 10.9. The number of rotatable bonds is 9. The predicted octanol–water partition coefficient (Wildman–Crippen LogP) is 4.95. The third-order valence-electron chi connectivity index (χ3n) is 2.93. The molecule has 0 aliphatic rings. The molecule has 0 heterocycles. The van der Waals surface area contributed by atoms with Crippen molar-refractivity contribution in [2.45, 2.75) is 78.7 Å². The van der Waals surface area contributed by atoms with Crippen molar-refractivity contribution in [2.24, 2.45) is 11.8 Å². The molecule has 0 aliphatic carbocycles. The molecule has 0 aromatic heterocycles. The molecule has 1 N–H and O–H groups in total.